The Morgan fingerprint density at radius 3 is 2.56 bits per heavy atom. The third kappa shape index (κ3) is 1.65. The van der Waals surface area contributed by atoms with Gasteiger partial charge in [0.1, 0.15) is 4.86 Å². The van der Waals surface area contributed by atoms with E-state index >= 15 is 0 Å². The summed E-state index contributed by atoms with van der Waals surface area (Å²) in [6, 6.07) is 8.13. The fraction of sp³-hybridized carbons (Fsp3) is 0.429. The molecule has 0 atom stereocenters. The number of Topliss-reactive ketones (excluding diaryl/α,β-unsaturated/α-hetero) is 1. The van der Waals surface area contributed by atoms with Crippen LogP contribution in [0.1, 0.15) is 35.2 Å². The van der Waals surface area contributed by atoms with E-state index in [9.17, 15) is 4.79 Å². The van der Waals surface area contributed by atoms with Gasteiger partial charge in [0, 0.05) is 12.0 Å². The van der Waals surface area contributed by atoms with Crippen LogP contribution in [0, 0.1) is 0 Å². The summed E-state index contributed by atoms with van der Waals surface area (Å²) in [6.07, 6.45) is 4.78. The Bertz CT molecular complexity index is 465. The molecule has 0 N–H and O–H groups in total. The number of fused-ring (bicyclic) bond motifs is 1. The van der Waals surface area contributed by atoms with Crippen LogP contribution in [0.3, 0.4) is 0 Å². The monoisotopic (exact) mass is 233 g/mol. The van der Waals surface area contributed by atoms with Crippen molar-refractivity contribution in [2.45, 2.75) is 25.7 Å². The second-order valence-corrected chi connectivity index (χ2v) is 7.14. The highest BCUT2D eigenvalue weighted by Gasteiger charge is 2.29. The van der Waals surface area contributed by atoms with Crippen LogP contribution in [0.25, 0.3) is 0 Å². The lowest BCUT2D eigenvalue weighted by Crippen LogP contribution is -2.27. The molecule has 2 heteroatoms. The van der Waals surface area contributed by atoms with Gasteiger partial charge in [-0.3, -0.25) is 4.79 Å². The zero-order valence-corrected chi connectivity index (χ0v) is 10.3. The number of benzene rings is 1. The van der Waals surface area contributed by atoms with E-state index in [0.717, 1.165) is 18.4 Å². The standard InChI is InChI=1S/C14H16OS/c15-14-12-6-2-1-5-11(12)7-8-13(14)16-9-3-4-10-16/h1-2,5-6H,3-4,7-10H2/p+1. The third-order valence-corrected chi connectivity index (χ3v) is 6.55. The van der Waals surface area contributed by atoms with E-state index in [-0.39, 0.29) is 10.5 Å². The first-order chi connectivity index (χ1) is 7.86. The quantitative estimate of drug-likeness (QED) is 0.381. The highest BCUT2D eigenvalue weighted by atomic mass is 32.2. The minimum atomic E-state index is -0.0600. The normalized spacial score (nSPS) is 21.2. The van der Waals surface area contributed by atoms with Gasteiger partial charge in [-0.2, -0.15) is 0 Å². The van der Waals surface area contributed by atoms with Crippen LogP contribution in [0.4, 0.5) is 0 Å². The van der Waals surface area contributed by atoms with Gasteiger partial charge in [-0.05, 0) is 24.8 Å². The minimum Gasteiger partial charge on any atom is -0.284 e. The van der Waals surface area contributed by atoms with E-state index in [4.69, 9.17) is 0 Å². The highest BCUT2D eigenvalue weighted by Crippen LogP contribution is 2.22. The topological polar surface area (TPSA) is 17.1 Å². The largest absolute Gasteiger partial charge is 0.284 e. The molecule has 0 unspecified atom stereocenters. The molecule has 16 heavy (non-hydrogen) atoms. The zero-order valence-electron chi connectivity index (χ0n) is 9.41. The second-order valence-electron chi connectivity index (χ2n) is 4.63. The third-order valence-electron chi connectivity index (χ3n) is 3.64. The van der Waals surface area contributed by atoms with Crippen LogP contribution in [-0.2, 0) is 16.9 Å². The molecule has 3 rings (SSSR count). The molecule has 1 aliphatic carbocycles. The van der Waals surface area contributed by atoms with Crippen molar-refractivity contribution in [3.05, 3.63) is 35.4 Å². The first kappa shape index (κ1) is 10.3. The van der Waals surface area contributed by atoms with Crippen LogP contribution >= 0.6 is 0 Å². The van der Waals surface area contributed by atoms with Crippen LogP contribution in [0.15, 0.2) is 24.3 Å². The van der Waals surface area contributed by atoms with Crippen LogP contribution in [0.2, 0.25) is 0 Å². The number of carbonyl (C=O) groups excluding carboxylic acids is 1. The van der Waals surface area contributed by atoms with Gasteiger partial charge in [-0.15, -0.1) is 10.5 Å². The fourth-order valence-corrected chi connectivity index (χ4v) is 5.58. The fourth-order valence-electron chi connectivity index (χ4n) is 2.77. The molecule has 1 saturated heterocycles. The van der Waals surface area contributed by atoms with Gasteiger partial charge in [-0.1, -0.05) is 24.3 Å². The van der Waals surface area contributed by atoms with Crippen molar-refractivity contribution < 1.29 is 4.79 Å². The molecule has 2 aliphatic rings. The molecule has 0 bridgehead atoms. The Hall–Kier alpha value is -0.890. The predicted molar refractivity (Wildman–Crippen MR) is 71.8 cm³/mol. The zero-order chi connectivity index (χ0) is 11.0. The molecule has 0 saturated carbocycles. The summed E-state index contributed by atoms with van der Waals surface area (Å²) >= 11 is 0. The number of aryl methyl sites for hydroxylation is 1. The highest BCUT2D eigenvalue weighted by molar-refractivity contribution is 7.97. The molecule has 84 valence electrons. The van der Waals surface area contributed by atoms with E-state index in [1.165, 1.54) is 34.8 Å². The summed E-state index contributed by atoms with van der Waals surface area (Å²) in [5, 5.41) is 0. The summed E-state index contributed by atoms with van der Waals surface area (Å²) in [4.78, 5) is 13.7. The number of ketones is 1. The Balaban J connectivity index is 2.04. The number of hydrogen-bond acceptors (Lipinski definition) is 1. The summed E-state index contributed by atoms with van der Waals surface area (Å²) in [5.41, 5.74) is 2.24. The van der Waals surface area contributed by atoms with E-state index in [1.807, 2.05) is 18.2 Å². The molecule has 0 aromatic heterocycles. The molecule has 1 nitrogen and oxygen atoms in total. The molecule has 0 amide bonds. The van der Waals surface area contributed by atoms with Crippen molar-refractivity contribution in [3.63, 3.8) is 0 Å². The van der Waals surface area contributed by atoms with Crippen LogP contribution in [0.5, 0.6) is 0 Å². The lowest BCUT2D eigenvalue weighted by molar-refractivity contribution is 0.106. The molecular weight excluding hydrogens is 216 g/mol. The maximum Gasteiger partial charge on any atom is 0.232 e. The van der Waals surface area contributed by atoms with Crippen LogP contribution in [-0.4, -0.2) is 22.2 Å². The van der Waals surface area contributed by atoms with E-state index in [2.05, 4.69) is 6.07 Å². The van der Waals surface area contributed by atoms with Crippen LogP contribution < -0.4 is 0 Å². The number of carbonyl (C=O) groups is 1. The van der Waals surface area contributed by atoms with Crippen molar-refractivity contribution in [2.24, 2.45) is 0 Å². The van der Waals surface area contributed by atoms with Gasteiger partial charge < -0.3 is 0 Å². The molecule has 1 aliphatic heterocycles. The Morgan fingerprint density at radius 1 is 1.00 bits per heavy atom. The van der Waals surface area contributed by atoms with Gasteiger partial charge in [0.15, 0.2) is 0 Å². The Labute approximate surface area is 98.8 Å². The lowest BCUT2D eigenvalue weighted by Gasteiger charge is -2.16. The van der Waals surface area contributed by atoms with Gasteiger partial charge >= 0.3 is 0 Å². The Morgan fingerprint density at radius 2 is 1.75 bits per heavy atom. The first-order valence-electron chi connectivity index (χ1n) is 6.09. The first-order valence-corrected chi connectivity index (χ1v) is 7.81. The number of thiol groups is 1. The molecule has 1 aromatic rings. The summed E-state index contributed by atoms with van der Waals surface area (Å²) in [5.74, 6) is 2.98. The summed E-state index contributed by atoms with van der Waals surface area (Å²) in [7, 11) is -0.0600. The lowest BCUT2D eigenvalue weighted by atomic mass is 9.91. The number of rotatable bonds is 0. The van der Waals surface area contributed by atoms with Crippen molar-refractivity contribution in [2.75, 3.05) is 11.5 Å². The van der Waals surface area contributed by atoms with Crippen molar-refractivity contribution >= 4 is 21.1 Å². The van der Waals surface area contributed by atoms with Gasteiger partial charge in [0.2, 0.25) is 5.78 Å². The predicted octanol–water partition coefficient (Wildman–Crippen LogP) is 2.13. The van der Waals surface area contributed by atoms with Crippen molar-refractivity contribution in [1.29, 1.82) is 0 Å². The SMILES string of the molecule is O=C1C(=[SH+]2CCCC2)CCc2ccccc21. The summed E-state index contributed by atoms with van der Waals surface area (Å²) in [6.45, 7) is 0. The maximum atomic E-state index is 12.4. The molecule has 0 spiro atoms. The number of hydrogen-bond donors (Lipinski definition) is 0. The maximum absolute atomic E-state index is 12.4. The van der Waals surface area contributed by atoms with E-state index < -0.39 is 0 Å². The average molecular weight is 233 g/mol. The molecule has 1 fully saturated rings. The molecule has 0 radical (unpaired) electrons. The van der Waals surface area contributed by atoms with Gasteiger partial charge in [0.05, 0.1) is 11.5 Å². The molecule has 1 heterocycles. The second kappa shape index (κ2) is 4.17. The van der Waals surface area contributed by atoms with E-state index in [0.29, 0.717) is 5.78 Å². The van der Waals surface area contributed by atoms with Crippen molar-refractivity contribution in [1.82, 2.24) is 0 Å². The molecular formula is C14H17OS+. The van der Waals surface area contributed by atoms with Gasteiger partial charge in [0.25, 0.3) is 0 Å². The Kier molecular flexibility index (Phi) is 2.68. The summed E-state index contributed by atoms with van der Waals surface area (Å²) < 4.78 is 0. The van der Waals surface area contributed by atoms with Gasteiger partial charge in [-0.25, -0.2) is 0 Å². The van der Waals surface area contributed by atoms with E-state index in [1.54, 1.807) is 0 Å². The van der Waals surface area contributed by atoms with Crippen molar-refractivity contribution in [3.8, 4) is 0 Å². The smallest absolute Gasteiger partial charge is 0.232 e. The average Bonchev–Trinajstić information content (AvgIpc) is 2.83. The molecule has 1 aromatic carbocycles. The minimum absolute atomic E-state index is 0.0600.